The summed E-state index contributed by atoms with van der Waals surface area (Å²) < 4.78 is 12.7. The second-order valence-electron chi connectivity index (χ2n) is 3.57. The molecule has 1 aromatic rings. The maximum atomic E-state index is 12.7. The van der Waals surface area contributed by atoms with E-state index in [0.29, 0.717) is 6.42 Å². The minimum atomic E-state index is -0.225. The summed E-state index contributed by atoms with van der Waals surface area (Å²) in [5.41, 5.74) is 1.03. The Labute approximate surface area is 90.1 Å². The van der Waals surface area contributed by atoms with E-state index in [1.807, 2.05) is 0 Å². The first-order valence-corrected chi connectivity index (χ1v) is 5.37. The predicted octanol–water partition coefficient (Wildman–Crippen LogP) is 2.25. The lowest BCUT2D eigenvalue weighted by Crippen LogP contribution is -2.23. The summed E-state index contributed by atoms with van der Waals surface area (Å²) >= 11 is 0. The van der Waals surface area contributed by atoms with Crippen molar-refractivity contribution < 1.29 is 9.50 Å². The van der Waals surface area contributed by atoms with Gasteiger partial charge in [0.15, 0.2) is 0 Å². The van der Waals surface area contributed by atoms with Crippen LogP contribution in [0.1, 0.15) is 31.4 Å². The van der Waals surface area contributed by atoms with Crippen molar-refractivity contribution in [3.63, 3.8) is 0 Å². The molecule has 15 heavy (non-hydrogen) atoms. The van der Waals surface area contributed by atoms with E-state index < -0.39 is 0 Å². The molecule has 2 N–H and O–H groups in total. The van der Waals surface area contributed by atoms with Crippen LogP contribution >= 0.6 is 0 Å². The zero-order valence-corrected chi connectivity index (χ0v) is 9.04. The molecule has 2 nitrogen and oxygen atoms in total. The highest BCUT2D eigenvalue weighted by Crippen LogP contribution is 2.16. The van der Waals surface area contributed by atoms with E-state index in [0.717, 1.165) is 18.5 Å². The lowest BCUT2D eigenvalue weighted by molar-refractivity contribution is 0.265. The monoisotopic (exact) mass is 211 g/mol. The summed E-state index contributed by atoms with van der Waals surface area (Å²) in [6.45, 7) is 3.13. The van der Waals surface area contributed by atoms with Gasteiger partial charge in [0.2, 0.25) is 0 Å². The number of nitrogens with one attached hydrogen (secondary N) is 1. The molecule has 0 aliphatic heterocycles. The van der Waals surface area contributed by atoms with Crippen molar-refractivity contribution in [3.05, 3.63) is 35.6 Å². The predicted molar refractivity (Wildman–Crippen MR) is 59.1 cm³/mol. The Kier molecular flexibility index (Phi) is 5.29. The molecule has 0 saturated carbocycles. The third kappa shape index (κ3) is 3.98. The fourth-order valence-electron chi connectivity index (χ4n) is 1.53. The van der Waals surface area contributed by atoms with E-state index in [-0.39, 0.29) is 18.5 Å². The lowest BCUT2D eigenvalue weighted by Gasteiger charge is -2.17. The molecule has 1 rings (SSSR count). The van der Waals surface area contributed by atoms with Crippen LogP contribution in [0.4, 0.5) is 4.39 Å². The van der Waals surface area contributed by atoms with Crippen LogP contribution in [-0.2, 0) is 0 Å². The van der Waals surface area contributed by atoms with Gasteiger partial charge >= 0.3 is 0 Å². The highest BCUT2D eigenvalue weighted by Gasteiger charge is 2.09. The number of aliphatic hydroxyl groups excluding tert-OH is 1. The molecule has 3 heteroatoms. The van der Waals surface area contributed by atoms with Crippen molar-refractivity contribution >= 4 is 0 Å². The lowest BCUT2D eigenvalue weighted by atomic mass is 10.0. The molecule has 0 radical (unpaired) electrons. The van der Waals surface area contributed by atoms with Gasteiger partial charge in [-0.15, -0.1) is 0 Å². The number of halogens is 1. The van der Waals surface area contributed by atoms with Gasteiger partial charge in [0.1, 0.15) is 5.82 Å². The van der Waals surface area contributed by atoms with Crippen molar-refractivity contribution in [2.45, 2.75) is 25.8 Å². The summed E-state index contributed by atoms with van der Waals surface area (Å²) in [7, 11) is 0. The van der Waals surface area contributed by atoms with Gasteiger partial charge in [0.05, 0.1) is 0 Å². The van der Waals surface area contributed by atoms with E-state index >= 15 is 0 Å². The minimum Gasteiger partial charge on any atom is -0.396 e. The minimum absolute atomic E-state index is 0.121. The fraction of sp³-hybridized carbons (Fsp3) is 0.500. The van der Waals surface area contributed by atoms with Gasteiger partial charge in [0, 0.05) is 12.6 Å². The van der Waals surface area contributed by atoms with Crippen LogP contribution < -0.4 is 5.32 Å². The molecule has 1 atom stereocenters. The number of hydrogen-bond donors (Lipinski definition) is 2. The van der Waals surface area contributed by atoms with Gasteiger partial charge in [-0.2, -0.15) is 0 Å². The van der Waals surface area contributed by atoms with Gasteiger partial charge in [-0.1, -0.05) is 19.1 Å². The summed E-state index contributed by atoms with van der Waals surface area (Å²) in [6, 6.07) is 6.55. The second kappa shape index (κ2) is 6.53. The van der Waals surface area contributed by atoms with Gasteiger partial charge in [0.25, 0.3) is 0 Å². The van der Waals surface area contributed by atoms with Crippen molar-refractivity contribution in [3.8, 4) is 0 Å². The molecule has 84 valence electrons. The van der Waals surface area contributed by atoms with E-state index in [9.17, 15) is 4.39 Å². The maximum absolute atomic E-state index is 12.7. The molecule has 0 bridgehead atoms. The number of hydrogen-bond acceptors (Lipinski definition) is 2. The van der Waals surface area contributed by atoms with Gasteiger partial charge < -0.3 is 10.4 Å². The summed E-state index contributed by atoms with van der Waals surface area (Å²) in [5, 5.41) is 12.3. The first-order chi connectivity index (χ1) is 7.27. The van der Waals surface area contributed by atoms with Gasteiger partial charge in [-0.3, -0.25) is 0 Å². The first-order valence-electron chi connectivity index (χ1n) is 5.37. The standard InChI is InChI=1S/C12H18FNO/c1-2-8-14-12(7-9-15)10-3-5-11(13)6-4-10/h3-6,12,14-15H,2,7-9H2,1H3. The fourth-order valence-corrected chi connectivity index (χ4v) is 1.53. The molecule has 0 amide bonds. The van der Waals surface area contributed by atoms with Gasteiger partial charge in [-0.05, 0) is 37.1 Å². The largest absolute Gasteiger partial charge is 0.396 e. The van der Waals surface area contributed by atoms with E-state index in [2.05, 4.69) is 12.2 Å². The third-order valence-corrected chi connectivity index (χ3v) is 2.33. The quantitative estimate of drug-likeness (QED) is 0.756. The number of rotatable bonds is 6. The van der Waals surface area contributed by atoms with Gasteiger partial charge in [-0.25, -0.2) is 4.39 Å². The first kappa shape index (κ1) is 12.1. The summed E-state index contributed by atoms with van der Waals surface area (Å²) in [5.74, 6) is -0.225. The Morgan fingerprint density at radius 1 is 1.33 bits per heavy atom. The van der Waals surface area contributed by atoms with Crippen LogP contribution in [0.3, 0.4) is 0 Å². The van der Waals surface area contributed by atoms with Crippen LogP contribution in [0, 0.1) is 5.82 Å². The molecule has 0 fully saturated rings. The number of aliphatic hydroxyl groups is 1. The average molecular weight is 211 g/mol. The molecule has 0 spiro atoms. The zero-order chi connectivity index (χ0) is 11.1. The summed E-state index contributed by atoms with van der Waals surface area (Å²) in [4.78, 5) is 0. The molecule has 0 aliphatic carbocycles. The molecular weight excluding hydrogens is 193 g/mol. The highest BCUT2D eigenvalue weighted by atomic mass is 19.1. The molecule has 0 saturated heterocycles. The Morgan fingerprint density at radius 3 is 2.53 bits per heavy atom. The van der Waals surface area contributed by atoms with Crippen molar-refractivity contribution in [2.75, 3.05) is 13.2 Å². The van der Waals surface area contributed by atoms with Crippen molar-refractivity contribution in [1.29, 1.82) is 0 Å². The Morgan fingerprint density at radius 2 is 2.00 bits per heavy atom. The average Bonchev–Trinajstić information content (AvgIpc) is 2.25. The highest BCUT2D eigenvalue weighted by molar-refractivity contribution is 5.19. The molecular formula is C12H18FNO. The van der Waals surface area contributed by atoms with Crippen molar-refractivity contribution in [2.24, 2.45) is 0 Å². The maximum Gasteiger partial charge on any atom is 0.123 e. The molecule has 1 aromatic carbocycles. The van der Waals surface area contributed by atoms with Crippen LogP contribution in [0.5, 0.6) is 0 Å². The van der Waals surface area contributed by atoms with E-state index in [1.54, 1.807) is 12.1 Å². The SMILES string of the molecule is CCCNC(CCO)c1ccc(F)cc1. The topological polar surface area (TPSA) is 32.3 Å². The van der Waals surface area contributed by atoms with Crippen LogP contribution in [-0.4, -0.2) is 18.3 Å². The third-order valence-electron chi connectivity index (χ3n) is 2.33. The van der Waals surface area contributed by atoms with Crippen molar-refractivity contribution in [1.82, 2.24) is 5.32 Å². The Balaban J connectivity index is 2.65. The van der Waals surface area contributed by atoms with E-state index in [4.69, 9.17) is 5.11 Å². The normalized spacial score (nSPS) is 12.7. The molecule has 0 heterocycles. The zero-order valence-electron chi connectivity index (χ0n) is 9.04. The Hall–Kier alpha value is -0.930. The molecule has 0 aromatic heterocycles. The van der Waals surface area contributed by atoms with Crippen LogP contribution in [0.15, 0.2) is 24.3 Å². The molecule has 0 aliphatic rings. The van der Waals surface area contributed by atoms with Crippen LogP contribution in [0.2, 0.25) is 0 Å². The van der Waals surface area contributed by atoms with Crippen LogP contribution in [0.25, 0.3) is 0 Å². The smallest absolute Gasteiger partial charge is 0.123 e. The number of benzene rings is 1. The second-order valence-corrected chi connectivity index (χ2v) is 3.57. The summed E-state index contributed by atoms with van der Waals surface area (Å²) in [6.07, 6.45) is 1.70. The molecule has 1 unspecified atom stereocenters. The Bertz CT molecular complexity index is 273. The van der Waals surface area contributed by atoms with E-state index in [1.165, 1.54) is 12.1 Å².